The van der Waals surface area contributed by atoms with Crippen LogP contribution in [0.5, 0.6) is 5.75 Å². The predicted molar refractivity (Wildman–Crippen MR) is 133 cm³/mol. The zero-order valence-electron chi connectivity index (χ0n) is 17.2. The van der Waals surface area contributed by atoms with Crippen LogP contribution in [0.2, 0.25) is 5.02 Å². The summed E-state index contributed by atoms with van der Waals surface area (Å²) in [6, 6.07) is 15.3. The second kappa shape index (κ2) is 12.0. The van der Waals surface area contributed by atoms with E-state index in [9.17, 15) is 4.79 Å². The first-order valence-electron chi connectivity index (χ1n) is 9.88. The van der Waals surface area contributed by atoms with Crippen LogP contribution < -0.4 is 20.7 Å². The lowest BCUT2D eigenvalue weighted by Crippen LogP contribution is -2.41. The number of fused-ring (bicyclic) bond motifs is 1. The number of aliphatic imine (C=N–C) groups is 1. The van der Waals surface area contributed by atoms with Crippen molar-refractivity contribution in [1.29, 1.82) is 0 Å². The van der Waals surface area contributed by atoms with E-state index in [2.05, 4.69) is 27.0 Å². The van der Waals surface area contributed by atoms with Crippen molar-refractivity contribution in [1.82, 2.24) is 10.6 Å². The van der Waals surface area contributed by atoms with Gasteiger partial charge in [-0.2, -0.15) is 0 Å². The number of guanidine groups is 1. The minimum absolute atomic E-state index is 0. The first-order chi connectivity index (χ1) is 14.0. The molecule has 2 unspecified atom stereocenters. The van der Waals surface area contributed by atoms with Gasteiger partial charge in [-0.1, -0.05) is 35.9 Å². The molecule has 1 heterocycles. The monoisotopic (exact) mass is 542 g/mol. The molecule has 0 bridgehead atoms. The van der Waals surface area contributed by atoms with E-state index in [1.165, 1.54) is 0 Å². The summed E-state index contributed by atoms with van der Waals surface area (Å²) in [5.74, 6) is 1.57. The molecule has 8 heteroatoms. The number of hydrogen-bond acceptors (Lipinski definition) is 3. The third-order valence-electron chi connectivity index (χ3n) is 4.61. The second-order valence-electron chi connectivity index (χ2n) is 7.02. The van der Waals surface area contributed by atoms with Crippen molar-refractivity contribution >= 4 is 53.1 Å². The molecule has 3 N–H and O–H groups in total. The molecule has 0 aliphatic carbocycles. The number of hydrogen-bond donors (Lipinski definition) is 3. The molecule has 0 spiro atoms. The molecule has 2 aromatic carbocycles. The van der Waals surface area contributed by atoms with Gasteiger partial charge in [0.2, 0.25) is 5.91 Å². The standard InChI is InChI=1S/C22H27ClN4O2.HI/c1-3-24-22(25-13-15(2)29-18-8-6-7-17(23)12-18)26-14-16-11-21(28)27-20-10-5-4-9-19(16)20;/h4-10,12,15-16H,3,11,13-14H2,1-2H3,(H,27,28)(H2,24,25,26);1H. The van der Waals surface area contributed by atoms with Crippen molar-refractivity contribution in [3.63, 3.8) is 0 Å². The first kappa shape index (κ1) is 24.3. The molecular formula is C22H28ClIN4O2. The van der Waals surface area contributed by atoms with E-state index in [1.807, 2.05) is 50.2 Å². The Bertz CT molecular complexity index is 878. The highest BCUT2D eigenvalue weighted by molar-refractivity contribution is 14.0. The number of nitrogens with zero attached hydrogens (tertiary/aromatic N) is 1. The van der Waals surface area contributed by atoms with Crippen LogP contribution in [0.15, 0.2) is 53.5 Å². The number of amides is 1. The van der Waals surface area contributed by atoms with E-state index in [-0.39, 0.29) is 41.9 Å². The summed E-state index contributed by atoms with van der Waals surface area (Å²) >= 11 is 6.00. The fourth-order valence-corrected chi connectivity index (χ4v) is 3.46. The number of anilines is 1. The quantitative estimate of drug-likeness (QED) is 0.275. The Balaban J connectivity index is 0.00000320. The fraction of sp³-hybridized carbons (Fsp3) is 0.364. The lowest BCUT2D eigenvalue weighted by atomic mass is 9.90. The molecule has 0 aromatic heterocycles. The average Bonchev–Trinajstić information content (AvgIpc) is 2.69. The van der Waals surface area contributed by atoms with Gasteiger partial charge in [0.25, 0.3) is 0 Å². The van der Waals surface area contributed by atoms with Crippen LogP contribution in [-0.2, 0) is 4.79 Å². The lowest BCUT2D eigenvalue weighted by Gasteiger charge is -2.26. The van der Waals surface area contributed by atoms with Gasteiger partial charge < -0.3 is 20.7 Å². The van der Waals surface area contributed by atoms with Gasteiger partial charge in [-0.15, -0.1) is 24.0 Å². The number of carbonyl (C=O) groups is 1. The maximum atomic E-state index is 12.0. The predicted octanol–water partition coefficient (Wildman–Crippen LogP) is 4.41. The van der Waals surface area contributed by atoms with Crippen LogP contribution >= 0.6 is 35.6 Å². The molecule has 6 nitrogen and oxygen atoms in total. The van der Waals surface area contributed by atoms with E-state index in [1.54, 1.807) is 6.07 Å². The molecule has 162 valence electrons. The van der Waals surface area contributed by atoms with Crippen LogP contribution in [0.4, 0.5) is 5.69 Å². The van der Waals surface area contributed by atoms with E-state index >= 15 is 0 Å². The number of ether oxygens (including phenoxy) is 1. The summed E-state index contributed by atoms with van der Waals surface area (Å²) in [7, 11) is 0. The Labute approximate surface area is 199 Å². The van der Waals surface area contributed by atoms with Gasteiger partial charge >= 0.3 is 0 Å². The maximum Gasteiger partial charge on any atom is 0.225 e. The van der Waals surface area contributed by atoms with Crippen molar-refractivity contribution in [2.45, 2.75) is 32.3 Å². The van der Waals surface area contributed by atoms with E-state index in [0.717, 1.165) is 23.5 Å². The lowest BCUT2D eigenvalue weighted by molar-refractivity contribution is -0.116. The summed E-state index contributed by atoms with van der Waals surface area (Å²) in [6.45, 7) is 5.85. The minimum atomic E-state index is -0.106. The highest BCUT2D eigenvalue weighted by atomic mass is 127. The molecule has 0 saturated heterocycles. The Morgan fingerprint density at radius 2 is 2.07 bits per heavy atom. The van der Waals surface area contributed by atoms with E-state index < -0.39 is 0 Å². The van der Waals surface area contributed by atoms with E-state index in [0.29, 0.717) is 30.5 Å². The highest BCUT2D eigenvalue weighted by Gasteiger charge is 2.24. The van der Waals surface area contributed by atoms with Crippen molar-refractivity contribution in [3.8, 4) is 5.75 Å². The van der Waals surface area contributed by atoms with Gasteiger partial charge in [-0.25, -0.2) is 4.99 Å². The fourth-order valence-electron chi connectivity index (χ4n) is 3.28. The Morgan fingerprint density at radius 3 is 2.83 bits per heavy atom. The van der Waals surface area contributed by atoms with E-state index in [4.69, 9.17) is 16.3 Å². The van der Waals surface area contributed by atoms with Gasteiger partial charge in [0.15, 0.2) is 5.96 Å². The van der Waals surface area contributed by atoms with Crippen LogP contribution in [0.3, 0.4) is 0 Å². The van der Waals surface area contributed by atoms with Crippen LogP contribution in [0.1, 0.15) is 31.7 Å². The van der Waals surface area contributed by atoms with Crippen LogP contribution in [-0.4, -0.2) is 37.6 Å². The van der Waals surface area contributed by atoms with Crippen molar-refractivity contribution < 1.29 is 9.53 Å². The topological polar surface area (TPSA) is 74.8 Å². The molecule has 0 radical (unpaired) electrons. The number of halogens is 2. The summed E-state index contributed by atoms with van der Waals surface area (Å²) in [6.07, 6.45) is 0.350. The molecule has 0 fully saturated rings. The van der Waals surface area contributed by atoms with Gasteiger partial charge in [-0.3, -0.25) is 4.79 Å². The summed E-state index contributed by atoms with van der Waals surface area (Å²) < 4.78 is 5.88. The number of rotatable bonds is 7. The highest BCUT2D eigenvalue weighted by Crippen LogP contribution is 2.31. The Kier molecular flexibility index (Phi) is 9.71. The molecular weight excluding hydrogens is 515 g/mol. The van der Waals surface area contributed by atoms with Gasteiger partial charge in [0.1, 0.15) is 11.9 Å². The third-order valence-corrected chi connectivity index (χ3v) is 4.84. The van der Waals surface area contributed by atoms with Crippen LogP contribution in [0.25, 0.3) is 0 Å². The van der Waals surface area contributed by atoms with Gasteiger partial charge in [0, 0.05) is 36.1 Å². The molecule has 2 atom stereocenters. The molecule has 2 aromatic rings. The van der Waals surface area contributed by atoms with Crippen molar-refractivity contribution in [2.24, 2.45) is 4.99 Å². The van der Waals surface area contributed by atoms with Crippen molar-refractivity contribution in [2.75, 3.05) is 25.0 Å². The SMILES string of the molecule is CCNC(=NCC(C)Oc1cccc(Cl)c1)NCC1CC(=O)Nc2ccccc21.I. The normalized spacial score (nSPS) is 16.6. The maximum absolute atomic E-state index is 12.0. The Hall–Kier alpha value is -2.00. The molecule has 1 aliphatic rings. The smallest absolute Gasteiger partial charge is 0.225 e. The largest absolute Gasteiger partial charge is 0.489 e. The van der Waals surface area contributed by atoms with Gasteiger partial charge in [-0.05, 0) is 43.7 Å². The number of para-hydroxylation sites is 1. The Morgan fingerprint density at radius 1 is 1.27 bits per heavy atom. The second-order valence-corrected chi connectivity index (χ2v) is 7.46. The number of nitrogens with one attached hydrogen (secondary N) is 3. The third kappa shape index (κ3) is 7.05. The minimum Gasteiger partial charge on any atom is -0.489 e. The molecule has 1 amide bonds. The zero-order chi connectivity index (χ0) is 20.6. The molecule has 0 saturated carbocycles. The summed E-state index contributed by atoms with van der Waals surface area (Å²) in [4.78, 5) is 16.6. The molecule has 1 aliphatic heterocycles. The molecule has 30 heavy (non-hydrogen) atoms. The zero-order valence-corrected chi connectivity index (χ0v) is 20.2. The number of benzene rings is 2. The summed E-state index contributed by atoms with van der Waals surface area (Å²) in [5.41, 5.74) is 2.04. The average molecular weight is 543 g/mol. The number of carbonyl (C=O) groups excluding carboxylic acids is 1. The van der Waals surface area contributed by atoms with Crippen LogP contribution in [0, 0.1) is 0 Å². The first-order valence-corrected chi connectivity index (χ1v) is 10.3. The molecule has 3 rings (SSSR count). The van der Waals surface area contributed by atoms with Crippen molar-refractivity contribution in [3.05, 3.63) is 59.1 Å². The van der Waals surface area contributed by atoms with Gasteiger partial charge in [0.05, 0.1) is 6.54 Å². The summed E-state index contributed by atoms with van der Waals surface area (Å²) in [5, 5.41) is 10.2.